The second-order valence-corrected chi connectivity index (χ2v) is 8.01. The Kier molecular flexibility index (Phi) is 5.58. The second kappa shape index (κ2) is 8.29. The number of anilines is 2. The van der Waals surface area contributed by atoms with Crippen molar-refractivity contribution in [3.8, 4) is 0 Å². The van der Waals surface area contributed by atoms with Gasteiger partial charge in [-0.05, 0) is 53.9 Å². The molecule has 4 rings (SSSR count). The normalized spacial score (nSPS) is 13.7. The molecule has 1 aliphatic rings. The van der Waals surface area contributed by atoms with Crippen molar-refractivity contribution < 1.29 is 9.59 Å². The first kappa shape index (κ1) is 19.5. The van der Waals surface area contributed by atoms with Gasteiger partial charge in [-0.3, -0.25) is 4.79 Å². The molecule has 0 aliphatic carbocycles. The molecule has 0 atom stereocenters. The van der Waals surface area contributed by atoms with Gasteiger partial charge in [-0.2, -0.15) is 0 Å². The quantitative estimate of drug-likeness (QED) is 0.583. The van der Waals surface area contributed by atoms with Crippen LogP contribution in [-0.4, -0.2) is 34.5 Å². The summed E-state index contributed by atoms with van der Waals surface area (Å²) in [6.45, 7) is 3.72. The number of amides is 3. The number of benzene rings is 2. The number of likely N-dealkylation sites (tertiary alicyclic amines) is 1. The highest BCUT2D eigenvalue weighted by molar-refractivity contribution is 9.10. The van der Waals surface area contributed by atoms with E-state index in [1.807, 2.05) is 47.9 Å². The minimum absolute atomic E-state index is 0.125. The molecule has 0 bridgehead atoms. The number of urea groups is 1. The zero-order chi connectivity index (χ0) is 20.4. The summed E-state index contributed by atoms with van der Waals surface area (Å²) in [5, 5.41) is 6.95. The number of para-hydroxylation sites is 3. The predicted octanol–water partition coefficient (Wildman–Crippen LogP) is 4.98. The van der Waals surface area contributed by atoms with Crippen LogP contribution in [0.5, 0.6) is 0 Å². The van der Waals surface area contributed by atoms with Gasteiger partial charge < -0.3 is 20.1 Å². The van der Waals surface area contributed by atoms with E-state index in [-0.39, 0.29) is 18.5 Å². The Morgan fingerprint density at radius 2 is 1.59 bits per heavy atom. The van der Waals surface area contributed by atoms with Crippen molar-refractivity contribution in [1.82, 2.24) is 9.47 Å². The lowest BCUT2D eigenvalue weighted by molar-refractivity contribution is -0.116. The van der Waals surface area contributed by atoms with E-state index in [9.17, 15) is 9.59 Å². The van der Waals surface area contributed by atoms with E-state index in [4.69, 9.17) is 0 Å². The Morgan fingerprint density at radius 1 is 0.966 bits per heavy atom. The monoisotopic (exact) mass is 454 g/mol. The Morgan fingerprint density at radius 3 is 2.31 bits per heavy atom. The van der Waals surface area contributed by atoms with Crippen molar-refractivity contribution in [2.75, 3.05) is 23.7 Å². The lowest BCUT2D eigenvalue weighted by Crippen LogP contribution is -2.32. The van der Waals surface area contributed by atoms with Gasteiger partial charge in [-0.25, -0.2) is 4.79 Å². The molecule has 0 spiro atoms. The van der Waals surface area contributed by atoms with Crippen LogP contribution in [0.1, 0.15) is 18.5 Å². The van der Waals surface area contributed by atoms with E-state index >= 15 is 0 Å². The predicted molar refractivity (Wildman–Crippen MR) is 119 cm³/mol. The van der Waals surface area contributed by atoms with E-state index in [1.54, 1.807) is 17.0 Å². The highest BCUT2D eigenvalue weighted by Gasteiger charge is 2.19. The number of hydrogen-bond acceptors (Lipinski definition) is 2. The summed E-state index contributed by atoms with van der Waals surface area (Å²) in [5.41, 5.74) is 3.20. The molecule has 0 unspecified atom stereocenters. The maximum absolute atomic E-state index is 12.8. The number of carbonyl (C=O) groups excluding carboxylic acids is 2. The molecule has 1 saturated heterocycles. The first-order chi connectivity index (χ1) is 14.0. The number of fused-ring (bicyclic) bond motifs is 1. The molecular formula is C22H23BrN4O2. The van der Waals surface area contributed by atoms with Crippen molar-refractivity contribution in [3.05, 3.63) is 58.7 Å². The summed E-state index contributed by atoms with van der Waals surface area (Å²) in [5.74, 6) is -0.149. The van der Waals surface area contributed by atoms with Gasteiger partial charge in [0.15, 0.2) is 0 Å². The number of nitrogens with zero attached hydrogens (tertiary/aromatic N) is 2. The third-order valence-corrected chi connectivity index (χ3v) is 6.29. The van der Waals surface area contributed by atoms with Crippen molar-refractivity contribution in [1.29, 1.82) is 0 Å². The van der Waals surface area contributed by atoms with Gasteiger partial charge in [0, 0.05) is 34.2 Å². The van der Waals surface area contributed by atoms with E-state index in [0.717, 1.165) is 47.0 Å². The standard InChI is InChI=1S/C22H23BrN4O2/c1-15-21(23)16-8-2-5-11-19(16)27(15)14-20(28)24-17-9-3-4-10-18(17)25-22(29)26-12-6-7-13-26/h2-5,8-11H,6-7,12-14H2,1H3,(H,24,28)(H,25,29). The van der Waals surface area contributed by atoms with Crippen molar-refractivity contribution >= 4 is 50.1 Å². The zero-order valence-electron chi connectivity index (χ0n) is 16.2. The minimum atomic E-state index is -0.149. The molecule has 1 aliphatic heterocycles. The summed E-state index contributed by atoms with van der Waals surface area (Å²) in [7, 11) is 0. The van der Waals surface area contributed by atoms with Crippen molar-refractivity contribution in [3.63, 3.8) is 0 Å². The Labute approximate surface area is 178 Å². The number of carbonyl (C=O) groups is 2. The van der Waals surface area contributed by atoms with Crippen LogP contribution in [0.15, 0.2) is 53.0 Å². The van der Waals surface area contributed by atoms with Crippen LogP contribution in [0.25, 0.3) is 10.9 Å². The molecule has 150 valence electrons. The minimum Gasteiger partial charge on any atom is -0.334 e. The highest BCUT2D eigenvalue weighted by Crippen LogP contribution is 2.30. The molecule has 2 heterocycles. The average Bonchev–Trinajstić information content (AvgIpc) is 3.34. The topological polar surface area (TPSA) is 66.4 Å². The summed E-state index contributed by atoms with van der Waals surface area (Å²) in [6.07, 6.45) is 2.07. The molecule has 2 N–H and O–H groups in total. The number of hydrogen-bond donors (Lipinski definition) is 2. The van der Waals surface area contributed by atoms with Gasteiger partial charge in [-0.15, -0.1) is 0 Å². The fourth-order valence-electron chi connectivity index (χ4n) is 3.74. The van der Waals surface area contributed by atoms with Crippen LogP contribution >= 0.6 is 15.9 Å². The lowest BCUT2D eigenvalue weighted by Gasteiger charge is -2.18. The molecule has 0 saturated carbocycles. The van der Waals surface area contributed by atoms with Gasteiger partial charge >= 0.3 is 6.03 Å². The Bertz CT molecular complexity index is 1070. The molecule has 1 aromatic heterocycles. The van der Waals surface area contributed by atoms with Crippen LogP contribution < -0.4 is 10.6 Å². The Balaban J connectivity index is 1.51. The second-order valence-electron chi connectivity index (χ2n) is 7.22. The smallest absolute Gasteiger partial charge is 0.321 e. The number of nitrogens with one attached hydrogen (secondary N) is 2. The van der Waals surface area contributed by atoms with Gasteiger partial charge in [0.2, 0.25) is 5.91 Å². The average molecular weight is 455 g/mol. The third kappa shape index (κ3) is 4.00. The van der Waals surface area contributed by atoms with Crippen LogP contribution in [0.4, 0.5) is 16.2 Å². The third-order valence-electron chi connectivity index (χ3n) is 5.29. The maximum atomic E-state index is 12.8. The van der Waals surface area contributed by atoms with Crippen LogP contribution in [0.3, 0.4) is 0 Å². The number of halogens is 1. The summed E-state index contributed by atoms with van der Waals surface area (Å²) < 4.78 is 2.99. The van der Waals surface area contributed by atoms with E-state index in [0.29, 0.717) is 11.4 Å². The van der Waals surface area contributed by atoms with Gasteiger partial charge in [0.1, 0.15) is 6.54 Å². The van der Waals surface area contributed by atoms with E-state index < -0.39 is 0 Å². The Hall–Kier alpha value is -2.80. The fourth-order valence-corrected chi connectivity index (χ4v) is 4.29. The summed E-state index contributed by atoms with van der Waals surface area (Å²) >= 11 is 3.62. The fraction of sp³-hybridized carbons (Fsp3) is 0.273. The largest absolute Gasteiger partial charge is 0.334 e. The maximum Gasteiger partial charge on any atom is 0.321 e. The first-order valence-electron chi connectivity index (χ1n) is 9.72. The molecule has 1 fully saturated rings. The molecule has 7 heteroatoms. The molecule has 3 amide bonds. The van der Waals surface area contributed by atoms with Crippen LogP contribution in [0.2, 0.25) is 0 Å². The van der Waals surface area contributed by atoms with Gasteiger partial charge in [0.05, 0.1) is 11.4 Å². The molecule has 29 heavy (non-hydrogen) atoms. The number of rotatable bonds is 4. The van der Waals surface area contributed by atoms with Gasteiger partial charge in [0.25, 0.3) is 0 Å². The van der Waals surface area contributed by atoms with Crippen LogP contribution in [0, 0.1) is 6.92 Å². The molecular weight excluding hydrogens is 432 g/mol. The first-order valence-corrected chi connectivity index (χ1v) is 10.5. The number of aromatic nitrogens is 1. The lowest BCUT2D eigenvalue weighted by atomic mass is 10.2. The summed E-state index contributed by atoms with van der Waals surface area (Å²) in [6, 6.07) is 15.1. The van der Waals surface area contributed by atoms with Crippen LogP contribution in [-0.2, 0) is 11.3 Å². The van der Waals surface area contributed by atoms with E-state index in [1.165, 1.54) is 0 Å². The van der Waals surface area contributed by atoms with Gasteiger partial charge in [-0.1, -0.05) is 30.3 Å². The summed E-state index contributed by atoms with van der Waals surface area (Å²) in [4.78, 5) is 27.0. The van der Waals surface area contributed by atoms with E-state index in [2.05, 4.69) is 26.6 Å². The van der Waals surface area contributed by atoms with Crippen molar-refractivity contribution in [2.45, 2.75) is 26.3 Å². The molecule has 3 aromatic rings. The zero-order valence-corrected chi connectivity index (χ0v) is 17.8. The van der Waals surface area contributed by atoms with Crippen molar-refractivity contribution in [2.24, 2.45) is 0 Å². The molecule has 2 aromatic carbocycles. The molecule has 6 nitrogen and oxygen atoms in total. The SMILES string of the molecule is Cc1c(Br)c2ccccc2n1CC(=O)Nc1ccccc1NC(=O)N1CCCC1. The highest BCUT2D eigenvalue weighted by atomic mass is 79.9. The molecule has 0 radical (unpaired) electrons.